The first-order valence-corrected chi connectivity index (χ1v) is 3.62. The molecule has 1 aromatic carbocycles. The molecular weight excluding hydrogens is 147 g/mol. The minimum absolute atomic E-state index is 0.304. The van der Waals surface area contributed by atoms with E-state index in [1.807, 2.05) is 19.1 Å². The molecule has 0 unspecified atom stereocenters. The van der Waals surface area contributed by atoms with Crippen LogP contribution in [0.3, 0.4) is 0 Å². The quantitative estimate of drug-likeness (QED) is 0.612. The van der Waals surface area contributed by atoms with E-state index < -0.39 is 0 Å². The number of rotatable bonds is 2. The average molecular weight is 154 g/mol. The molecule has 3 heteroatoms. The Morgan fingerprint density at radius 2 is 1.90 bits per heavy atom. The zero-order valence-electron chi connectivity index (χ0n) is 5.57. The van der Waals surface area contributed by atoms with Crippen molar-refractivity contribution >= 4 is 8.69 Å². The van der Waals surface area contributed by atoms with Crippen molar-refractivity contribution in [3.05, 3.63) is 29.8 Å². The monoisotopic (exact) mass is 154 g/mol. The van der Waals surface area contributed by atoms with Crippen LogP contribution >= 0.6 is 8.69 Å². The summed E-state index contributed by atoms with van der Waals surface area (Å²) in [6, 6.07) is 7.36. The second-order valence-electron chi connectivity index (χ2n) is 1.98. The number of hydrogen-bond donors (Lipinski definition) is 0. The van der Waals surface area contributed by atoms with Crippen molar-refractivity contribution in [2.45, 2.75) is 6.92 Å². The molecule has 0 spiro atoms. The van der Waals surface area contributed by atoms with Crippen molar-refractivity contribution in [3.63, 3.8) is 0 Å². The molecule has 0 fully saturated rings. The van der Waals surface area contributed by atoms with E-state index in [2.05, 4.69) is 4.52 Å². The van der Waals surface area contributed by atoms with E-state index in [1.54, 1.807) is 12.1 Å². The summed E-state index contributed by atoms with van der Waals surface area (Å²) in [5.41, 5.74) is 1.16. The molecule has 10 heavy (non-hydrogen) atoms. The van der Waals surface area contributed by atoms with E-state index in [4.69, 9.17) is 0 Å². The summed E-state index contributed by atoms with van der Waals surface area (Å²) in [5.74, 6) is 0.627. The van der Waals surface area contributed by atoms with E-state index in [1.165, 1.54) is 0 Å². The normalized spacial score (nSPS) is 9.70. The van der Waals surface area contributed by atoms with Gasteiger partial charge in [-0.2, -0.15) is 0 Å². The van der Waals surface area contributed by atoms with Crippen LogP contribution in [0.25, 0.3) is 0 Å². The summed E-state index contributed by atoms with van der Waals surface area (Å²) >= 11 is 0. The van der Waals surface area contributed by atoms with Gasteiger partial charge in [-0.15, -0.1) is 0 Å². The summed E-state index contributed by atoms with van der Waals surface area (Å²) in [6.45, 7) is 1.98. The van der Waals surface area contributed by atoms with Crippen molar-refractivity contribution in [1.82, 2.24) is 0 Å². The van der Waals surface area contributed by atoms with Crippen LogP contribution in [0.2, 0.25) is 0 Å². The highest BCUT2D eigenvalue weighted by atomic mass is 31.1. The minimum atomic E-state index is -0.304. The van der Waals surface area contributed by atoms with E-state index in [0.717, 1.165) is 5.56 Å². The fraction of sp³-hybridized carbons (Fsp3) is 0.143. The number of benzene rings is 1. The van der Waals surface area contributed by atoms with Crippen LogP contribution in [0.4, 0.5) is 0 Å². The summed E-state index contributed by atoms with van der Waals surface area (Å²) in [5, 5.41) is 0. The molecule has 0 aliphatic heterocycles. The largest absolute Gasteiger partial charge is 0.408 e. The molecule has 52 valence electrons. The summed E-state index contributed by atoms with van der Waals surface area (Å²) in [4.78, 5) is 0. The smallest absolute Gasteiger partial charge is 0.395 e. The maximum atomic E-state index is 9.93. The van der Waals surface area contributed by atoms with Gasteiger partial charge in [-0.1, -0.05) is 17.7 Å². The summed E-state index contributed by atoms with van der Waals surface area (Å²) in [7, 11) is -0.304. The molecule has 0 N–H and O–H groups in total. The van der Waals surface area contributed by atoms with Crippen LogP contribution in [0.1, 0.15) is 5.56 Å². The van der Waals surface area contributed by atoms with Gasteiger partial charge < -0.3 is 4.52 Å². The van der Waals surface area contributed by atoms with Gasteiger partial charge in [0.1, 0.15) is 5.75 Å². The topological polar surface area (TPSA) is 26.3 Å². The van der Waals surface area contributed by atoms with Gasteiger partial charge in [0, 0.05) is 0 Å². The molecule has 0 saturated carbocycles. The second kappa shape index (κ2) is 3.33. The van der Waals surface area contributed by atoms with Crippen LogP contribution in [0, 0.1) is 6.92 Å². The van der Waals surface area contributed by atoms with Gasteiger partial charge in [-0.3, -0.25) is 0 Å². The molecule has 0 amide bonds. The Bertz CT molecular complexity index is 218. The highest BCUT2D eigenvalue weighted by Crippen LogP contribution is 2.14. The molecule has 0 radical (unpaired) electrons. The lowest BCUT2D eigenvalue weighted by Gasteiger charge is -1.94. The molecule has 0 aromatic heterocycles. The Labute approximate surface area is 61.1 Å². The van der Waals surface area contributed by atoms with E-state index >= 15 is 0 Å². The maximum Gasteiger partial charge on any atom is 0.395 e. The predicted molar refractivity (Wildman–Crippen MR) is 39.4 cm³/mol. The highest BCUT2D eigenvalue weighted by molar-refractivity contribution is 7.17. The zero-order chi connectivity index (χ0) is 7.40. The van der Waals surface area contributed by atoms with Gasteiger partial charge in [0.2, 0.25) is 0 Å². The Balaban J connectivity index is 2.78. The van der Waals surface area contributed by atoms with Gasteiger partial charge in [-0.05, 0) is 19.1 Å². The highest BCUT2D eigenvalue weighted by Gasteiger charge is 1.89. The van der Waals surface area contributed by atoms with Crippen LogP contribution in [0.5, 0.6) is 5.75 Å². The predicted octanol–water partition coefficient (Wildman–Crippen LogP) is 2.58. The van der Waals surface area contributed by atoms with Crippen molar-refractivity contribution in [2.24, 2.45) is 0 Å². The molecule has 0 saturated heterocycles. The number of aryl methyl sites for hydroxylation is 1. The molecule has 0 aliphatic rings. The third-order valence-electron chi connectivity index (χ3n) is 1.16. The lowest BCUT2D eigenvalue weighted by molar-refractivity contribution is 0.525. The van der Waals surface area contributed by atoms with Gasteiger partial charge in [0.15, 0.2) is 0 Å². The fourth-order valence-electron chi connectivity index (χ4n) is 0.642. The minimum Gasteiger partial charge on any atom is -0.408 e. The Kier molecular flexibility index (Phi) is 2.41. The van der Waals surface area contributed by atoms with Crippen molar-refractivity contribution < 1.29 is 9.09 Å². The molecule has 1 aromatic rings. The lowest BCUT2D eigenvalue weighted by atomic mass is 10.2. The number of hydrogen-bond acceptors (Lipinski definition) is 2. The van der Waals surface area contributed by atoms with Crippen molar-refractivity contribution in [3.8, 4) is 5.75 Å². The average Bonchev–Trinajstić information content (AvgIpc) is 1.95. The zero-order valence-corrected chi connectivity index (χ0v) is 6.47. The van der Waals surface area contributed by atoms with E-state index in [9.17, 15) is 4.57 Å². The van der Waals surface area contributed by atoms with Crippen molar-refractivity contribution in [1.29, 1.82) is 0 Å². The first-order chi connectivity index (χ1) is 4.83. The van der Waals surface area contributed by atoms with E-state index in [0.29, 0.717) is 5.75 Å². The van der Waals surface area contributed by atoms with Crippen LogP contribution < -0.4 is 4.52 Å². The van der Waals surface area contributed by atoms with Crippen LogP contribution in [0.15, 0.2) is 24.3 Å². The standard InChI is InChI=1S/C7H7O2P/c1-6-2-4-7(5-3-6)9-10-8/h2-5H,1H3. The fourth-order valence-corrected chi connectivity index (χ4v) is 0.850. The second-order valence-corrected chi connectivity index (χ2v) is 2.31. The summed E-state index contributed by atoms with van der Waals surface area (Å²) < 4.78 is 14.6. The molecule has 0 aliphatic carbocycles. The van der Waals surface area contributed by atoms with Gasteiger partial charge in [-0.25, -0.2) is 4.57 Å². The third kappa shape index (κ3) is 1.82. The first kappa shape index (κ1) is 7.23. The molecule has 2 nitrogen and oxygen atoms in total. The molecular formula is C7H7O2P. The van der Waals surface area contributed by atoms with Crippen LogP contribution in [-0.4, -0.2) is 0 Å². The molecule has 0 bridgehead atoms. The molecule has 0 heterocycles. The summed E-state index contributed by atoms with van der Waals surface area (Å²) in [6.07, 6.45) is 0. The first-order valence-electron chi connectivity index (χ1n) is 2.89. The Hall–Kier alpha value is -0.880. The van der Waals surface area contributed by atoms with Gasteiger partial charge in [0.05, 0.1) is 0 Å². The Morgan fingerprint density at radius 3 is 2.40 bits per heavy atom. The molecule has 1 rings (SSSR count). The molecule has 0 atom stereocenters. The third-order valence-corrected chi connectivity index (χ3v) is 1.45. The van der Waals surface area contributed by atoms with E-state index in [-0.39, 0.29) is 8.69 Å². The lowest BCUT2D eigenvalue weighted by Crippen LogP contribution is -1.74. The van der Waals surface area contributed by atoms with Crippen LogP contribution in [-0.2, 0) is 4.57 Å². The van der Waals surface area contributed by atoms with Gasteiger partial charge >= 0.3 is 8.69 Å². The van der Waals surface area contributed by atoms with Gasteiger partial charge in [0.25, 0.3) is 0 Å². The van der Waals surface area contributed by atoms with Crippen molar-refractivity contribution in [2.75, 3.05) is 0 Å². The maximum absolute atomic E-state index is 9.93. The Morgan fingerprint density at radius 1 is 1.30 bits per heavy atom. The SMILES string of the molecule is Cc1ccc(OP=O)cc1.